The molecule has 2 rings (SSSR count). The van der Waals surface area contributed by atoms with Crippen LogP contribution in [0.3, 0.4) is 0 Å². The van der Waals surface area contributed by atoms with Crippen LogP contribution in [0, 0.1) is 0 Å². The van der Waals surface area contributed by atoms with Crippen LogP contribution in [-0.4, -0.2) is 111 Å². The van der Waals surface area contributed by atoms with E-state index in [1.54, 1.807) is 0 Å². The minimum Gasteiger partial charge on any atom is -1.00 e. The molecule has 0 saturated heterocycles. The molecule has 8 nitrogen and oxygen atoms in total. The van der Waals surface area contributed by atoms with Gasteiger partial charge in [-0.1, -0.05) is 63.8 Å². The van der Waals surface area contributed by atoms with E-state index in [0.717, 1.165) is 163 Å². The summed E-state index contributed by atoms with van der Waals surface area (Å²) in [5.74, 6) is 2.60. The van der Waals surface area contributed by atoms with Crippen molar-refractivity contribution in [2.45, 2.75) is 144 Å². The number of benzene rings is 2. The Kier molecular flexibility index (Phi) is 32.1. The van der Waals surface area contributed by atoms with Crippen LogP contribution in [0.5, 0.6) is 11.5 Å². The number of carbonyl (C=O) groups is 2. The molecule has 0 radical (unpaired) electrons. The van der Waals surface area contributed by atoms with Crippen LogP contribution in [0.2, 0.25) is 0 Å². The Morgan fingerprint density at radius 1 is 0.517 bits per heavy atom. The molecule has 334 valence electrons. The lowest BCUT2D eigenvalue weighted by Crippen LogP contribution is -3.00. The van der Waals surface area contributed by atoms with E-state index in [-0.39, 0.29) is 59.8 Å². The lowest BCUT2D eigenvalue weighted by molar-refractivity contribution is -0.921. The monoisotopic (exact) mass is 1030 g/mol. The molecule has 0 N–H and O–H groups in total. The van der Waals surface area contributed by atoms with Gasteiger partial charge < -0.3 is 76.2 Å². The summed E-state index contributed by atoms with van der Waals surface area (Å²) in [6.07, 6.45) is 16.5. The number of hydrogen-bond acceptors (Lipinski definition) is 4. The predicted molar refractivity (Wildman–Crippen MR) is 235 cm³/mol. The number of para-hydroxylation sites is 2. The molecule has 58 heavy (non-hydrogen) atoms. The number of halogens is 2. The van der Waals surface area contributed by atoms with E-state index >= 15 is 0 Å². The van der Waals surface area contributed by atoms with E-state index < -0.39 is 0 Å². The van der Waals surface area contributed by atoms with Crippen LogP contribution >= 0.6 is 0 Å². The van der Waals surface area contributed by atoms with Crippen LogP contribution in [0.15, 0.2) is 48.5 Å². The molecule has 0 aromatic heterocycles. The van der Waals surface area contributed by atoms with Gasteiger partial charge in [0.2, 0.25) is 11.8 Å². The number of hydrogen-bond donors (Lipinski definition) is 0. The summed E-state index contributed by atoms with van der Waals surface area (Å²) in [6, 6.07) is 16.9. The van der Waals surface area contributed by atoms with Crippen LogP contribution in [0.4, 0.5) is 0 Å². The van der Waals surface area contributed by atoms with Crippen molar-refractivity contribution in [3.8, 4) is 11.5 Å². The summed E-state index contributed by atoms with van der Waals surface area (Å²) in [6.45, 7) is 18.4. The van der Waals surface area contributed by atoms with Gasteiger partial charge in [0.15, 0.2) is 0 Å². The van der Waals surface area contributed by atoms with Crippen molar-refractivity contribution in [3.05, 3.63) is 59.7 Å². The Morgan fingerprint density at radius 2 is 0.862 bits per heavy atom. The van der Waals surface area contributed by atoms with Gasteiger partial charge in [0.25, 0.3) is 0 Å². The first-order valence-electron chi connectivity index (χ1n) is 22.6. The largest absolute Gasteiger partial charge is 1.00 e. The van der Waals surface area contributed by atoms with E-state index in [2.05, 4.69) is 90.3 Å². The number of rotatable bonds is 33. The Balaban J connectivity index is 0.0000162. The first-order valence-corrected chi connectivity index (χ1v) is 22.6. The summed E-state index contributed by atoms with van der Waals surface area (Å²) in [5, 5.41) is 0. The van der Waals surface area contributed by atoms with Gasteiger partial charge in [0.1, 0.15) is 24.6 Å². The molecule has 10 heteroatoms. The van der Waals surface area contributed by atoms with E-state index in [9.17, 15) is 9.59 Å². The molecule has 0 aliphatic carbocycles. The zero-order valence-corrected chi connectivity index (χ0v) is 42.5. The molecule has 2 aromatic carbocycles. The molecule has 2 aromatic rings. The van der Waals surface area contributed by atoms with E-state index in [0.29, 0.717) is 12.8 Å². The third kappa shape index (κ3) is 23.4. The Morgan fingerprint density at radius 3 is 1.22 bits per heavy atom. The summed E-state index contributed by atoms with van der Waals surface area (Å²) >= 11 is 0. The van der Waals surface area contributed by atoms with E-state index in [4.69, 9.17) is 9.47 Å². The summed E-state index contributed by atoms with van der Waals surface area (Å²) in [5.41, 5.74) is 2.58. The molecule has 2 atom stereocenters. The minimum absolute atomic E-state index is 0. The van der Waals surface area contributed by atoms with Crippen molar-refractivity contribution in [2.75, 3.05) is 80.7 Å². The van der Waals surface area contributed by atoms with Crippen molar-refractivity contribution in [1.82, 2.24) is 9.80 Å². The lowest BCUT2D eigenvalue weighted by Gasteiger charge is -2.34. The fourth-order valence-corrected chi connectivity index (χ4v) is 7.42. The zero-order valence-electron chi connectivity index (χ0n) is 38.2. The minimum atomic E-state index is 0. The fraction of sp³-hybridized carbons (Fsp3) is 0.708. The van der Waals surface area contributed by atoms with Crippen LogP contribution in [0.1, 0.15) is 142 Å². The summed E-state index contributed by atoms with van der Waals surface area (Å²) < 4.78 is 14.0. The second-order valence-corrected chi connectivity index (χ2v) is 16.9. The molecule has 0 spiro atoms. The SMILES string of the molecule is CCCOc1ccccc1C[N+](C)(CC)CCCCCC(=O)N(C)CCCCCCCCN(C)C(=O)CCCCC[N+](C)(CC)Cc1ccccc1OCCC.[I-].[I-]. The molecule has 2 unspecified atom stereocenters. The van der Waals surface area contributed by atoms with Crippen LogP contribution in [0.25, 0.3) is 0 Å². The number of quaternary nitrogens is 2. The molecule has 0 heterocycles. The maximum Gasteiger partial charge on any atom is 0.222 e. The smallest absolute Gasteiger partial charge is 0.222 e. The first kappa shape index (κ1) is 56.4. The van der Waals surface area contributed by atoms with E-state index in [1.807, 2.05) is 23.9 Å². The van der Waals surface area contributed by atoms with E-state index in [1.165, 1.54) is 24.0 Å². The van der Waals surface area contributed by atoms with Gasteiger partial charge >= 0.3 is 0 Å². The number of ether oxygens (including phenoxy) is 2. The molecule has 0 fully saturated rings. The maximum absolute atomic E-state index is 12.8. The third-order valence-corrected chi connectivity index (χ3v) is 11.8. The van der Waals surface area contributed by atoms with Crippen molar-refractivity contribution in [1.29, 1.82) is 0 Å². The molecular weight excluding hydrogens is 950 g/mol. The molecular formula is C48H84I2N4O4. The van der Waals surface area contributed by atoms with Gasteiger partial charge in [0, 0.05) is 51.2 Å². The second kappa shape index (κ2) is 33.0. The fourth-order valence-electron chi connectivity index (χ4n) is 7.42. The van der Waals surface area contributed by atoms with Gasteiger partial charge in [-0.25, -0.2) is 0 Å². The third-order valence-electron chi connectivity index (χ3n) is 11.8. The first-order chi connectivity index (χ1) is 27.0. The number of unbranched alkanes of at least 4 members (excludes halogenated alkanes) is 9. The molecule has 0 aliphatic rings. The number of nitrogens with zero attached hydrogens (tertiary/aromatic N) is 4. The Labute approximate surface area is 390 Å². The summed E-state index contributed by atoms with van der Waals surface area (Å²) in [4.78, 5) is 29.4. The normalized spacial score (nSPS) is 13.0. The maximum atomic E-state index is 12.8. The highest BCUT2D eigenvalue weighted by Gasteiger charge is 2.23. The van der Waals surface area contributed by atoms with Gasteiger partial charge in [0.05, 0.1) is 53.5 Å². The summed E-state index contributed by atoms with van der Waals surface area (Å²) in [7, 11) is 8.61. The van der Waals surface area contributed by atoms with Crippen LogP contribution in [-0.2, 0) is 22.7 Å². The molecule has 0 bridgehead atoms. The Bertz CT molecular complexity index is 1270. The predicted octanol–water partition coefficient (Wildman–Crippen LogP) is 4.28. The highest BCUT2D eigenvalue weighted by Crippen LogP contribution is 2.25. The second-order valence-electron chi connectivity index (χ2n) is 16.9. The van der Waals surface area contributed by atoms with Gasteiger partial charge in [-0.2, -0.15) is 0 Å². The van der Waals surface area contributed by atoms with Crippen molar-refractivity contribution in [2.24, 2.45) is 0 Å². The van der Waals surface area contributed by atoms with Crippen molar-refractivity contribution >= 4 is 11.8 Å². The zero-order chi connectivity index (χ0) is 41.1. The van der Waals surface area contributed by atoms with Gasteiger partial charge in [-0.15, -0.1) is 0 Å². The standard InChI is InChI=1S/C48H84N4O4.2HI/c1-9-39-55-45-31-23-21-29-43(45)41-51(7,11-3)37-27-17-19-33-47(53)49(5)35-25-15-13-14-16-26-36-50(6)48(54)34-20-18-28-38-52(8,12-4)42-44-30-22-24-32-46(44)56-40-10-2;;/h21-24,29-32H,9-20,25-28,33-42H2,1-8H3;2*1H/q+2;;/p-2. The highest BCUT2D eigenvalue weighted by molar-refractivity contribution is 5.76. The number of carbonyl (C=O) groups excluding carboxylic acids is 2. The van der Waals surface area contributed by atoms with Gasteiger partial charge in [-0.3, -0.25) is 9.59 Å². The Hall–Kier alpha value is -1.64. The molecule has 0 aliphatic heterocycles. The van der Waals surface area contributed by atoms with Crippen LogP contribution < -0.4 is 57.4 Å². The van der Waals surface area contributed by atoms with Crippen molar-refractivity contribution in [3.63, 3.8) is 0 Å². The quantitative estimate of drug-likeness (QED) is 0.0610. The number of amides is 2. The average Bonchev–Trinajstić information content (AvgIpc) is 3.20. The topological polar surface area (TPSA) is 59.1 Å². The average molecular weight is 1040 g/mol. The van der Waals surface area contributed by atoms with Gasteiger partial charge in [-0.05, 0) is 102 Å². The molecule has 2 amide bonds. The molecule has 0 saturated carbocycles. The highest BCUT2D eigenvalue weighted by atomic mass is 127. The van der Waals surface area contributed by atoms with Crippen molar-refractivity contribution < 1.29 is 76.0 Å². The lowest BCUT2D eigenvalue weighted by atomic mass is 10.1.